The number of hydrogen-bond donors (Lipinski definition) is 0. The molecule has 0 aliphatic heterocycles. The van der Waals surface area contributed by atoms with E-state index in [-0.39, 0.29) is 0 Å². The molecule has 0 fully saturated rings. The molecule has 8 aromatic carbocycles. The van der Waals surface area contributed by atoms with Crippen LogP contribution in [0.4, 0.5) is 0 Å². The molecule has 10 aromatic rings. The lowest BCUT2D eigenvalue weighted by molar-refractivity contribution is 1.21. The van der Waals surface area contributed by atoms with Gasteiger partial charge in [-0.1, -0.05) is 188 Å². The van der Waals surface area contributed by atoms with Gasteiger partial charge in [0.15, 0.2) is 5.82 Å². The molecule has 2 aromatic heterocycles. The minimum Gasteiger partial charge on any atom is -0.243 e. The summed E-state index contributed by atoms with van der Waals surface area (Å²) in [5.41, 5.74) is 13.5. The van der Waals surface area contributed by atoms with Crippen LogP contribution in [0.15, 0.2) is 206 Å². The number of rotatable bonds is 7. The van der Waals surface area contributed by atoms with Crippen LogP contribution in [0.25, 0.3) is 100 Å². The Labute approximate surface area is 325 Å². The van der Waals surface area contributed by atoms with Crippen molar-refractivity contribution in [2.24, 2.45) is 0 Å². The minimum absolute atomic E-state index is 0.706. The maximum atomic E-state index is 5.49. The number of aromatic nitrogens is 4. The van der Waals surface area contributed by atoms with Gasteiger partial charge in [0.1, 0.15) is 0 Å². The number of fused-ring (bicyclic) bond motifs is 3. The van der Waals surface area contributed by atoms with Gasteiger partial charge < -0.3 is 0 Å². The van der Waals surface area contributed by atoms with Crippen LogP contribution in [0, 0.1) is 0 Å². The van der Waals surface area contributed by atoms with E-state index in [2.05, 4.69) is 164 Å². The van der Waals surface area contributed by atoms with Crippen molar-refractivity contribution in [2.75, 3.05) is 0 Å². The molecule has 10 rings (SSSR count). The molecule has 2 heterocycles. The Kier molecular flexibility index (Phi) is 8.47. The van der Waals surface area contributed by atoms with Gasteiger partial charge >= 0.3 is 0 Å². The summed E-state index contributed by atoms with van der Waals surface area (Å²) in [6.07, 6.45) is 0. The highest BCUT2D eigenvalue weighted by atomic mass is 14.9. The van der Waals surface area contributed by atoms with E-state index in [4.69, 9.17) is 19.9 Å². The molecule has 0 unspecified atom stereocenters. The molecule has 0 amide bonds. The van der Waals surface area contributed by atoms with E-state index in [1.165, 1.54) is 0 Å². The quantitative estimate of drug-likeness (QED) is 0.154. The summed E-state index contributed by atoms with van der Waals surface area (Å²) in [5, 5.41) is 3.21. The molecule has 0 radical (unpaired) electrons. The zero-order chi connectivity index (χ0) is 37.3. The van der Waals surface area contributed by atoms with Gasteiger partial charge in [0, 0.05) is 44.2 Å². The second kappa shape index (κ2) is 14.3. The smallest absolute Gasteiger partial charge is 0.160 e. The van der Waals surface area contributed by atoms with E-state index < -0.39 is 0 Å². The van der Waals surface area contributed by atoms with Gasteiger partial charge in [0.25, 0.3) is 0 Å². The lowest BCUT2D eigenvalue weighted by atomic mass is 9.95. The topological polar surface area (TPSA) is 51.6 Å². The Hall–Kier alpha value is -7.56. The third-order valence-corrected chi connectivity index (χ3v) is 10.3. The highest BCUT2D eigenvalue weighted by Gasteiger charge is 2.20. The van der Waals surface area contributed by atoms with Gasteiger partial charge in [-0.2, -0.15) is 0 Å². The Morgan fingerprint density at radius 3 is 1.18 bits per heavy atom. The maximum Gasteiger partial charge on any atom is 0.160 e. The highest BCUT2D eigenvalue weighted by molar-refractivity contribution is 6.11. The Morgan fingerprint density at radius 1 is 0.232 bits per heavy atom. The van der Waals surface area contributed by atoms with Gasteiger partial charge in [-0.3, -0.25) is 0 Å². The molecule has 56 heavy (non-hydrogen) atoms. The van der Waals surface area contributed by atoms with E-state index in [1.807, 2.05) is 42.5 Å². The van der Waals surface area contributed by atoms with Crippen LogP contribution in [0.1, 0.15) is 0 Å². The summed E-state index contributed by atoms with van der Waals surface area (Å²) in [4.78, 5) is 21.3. The molecular weight excluding hydrogens is 681 g/mol. The van der Waals surface area contributed by atoms with E-state index in [0.29, 0.717) is 5.82 Å². The second-order valence-corrected chi connectivity index (χ2v) is 13.8. The fraction of sp³-hybridized carbons (Fsp3) is 0. The first-order chi connectivity index (χ1) is 27.8. The minimum atomic E-state index is 0.706. The lowest BCUT2D eigenvalue weighted by Crippen LogP contribution is -2.01. The zero-order valence-corrected chi connectivity index (χ0v) is 30.4. The Morgan fingerprint density at radius 2 is 0.643 bits per heavy atom. The number of hydrogen-bond acceptors (Lipinski definition) is 4. The van der Waals surface area contributed by atoms with E-state index in [9.17, 15) is 0 Å². The van der Waals surface area contributed by atoms with Gasteiger partial charge in [-0.25, -0.2) is 19.9 Å². The fourth-order valence-electron chi connectivity index (χ4n) is 7.50. The fourth-order valence-corrected chi connectivity index (χ4v) is 7.50. The molecule has 0 saturated heterocycles. The summed E-state index contributed by atoms with van der Waals surface area (Å²) in [6, 6.07) is 71.3. The predicted octanol–water partition coefficient (Wildman–Crippen LogP) is 13.2. The molecule has 0 saturated carbocycles. The van der Waals surface area contributed by atoms with Crippen LogP contribution in [-0.4, -0.2) is 19.9 Å². The molecular formula is C52H34N4. The van der Waals surface area contributed by atoms with E-state index >= 15 is 0 Å². The first-order valence-electron chi connectivity index (χ1n) is 18.8. The van der Waals surface area contributed by atoms with Crippen LogP contribution in [0.5, 0.6) is 0 Å². The van der Waals surface area contributed by atoms with Crippen LogP contribution < -0.4 is 0 Å². The van der Waals surface area contributed by atoms with Crippen LogP contribution in [0.2, 0.25) is 0 Å². The Balaban J connectivity index is 1.17. The van der Waals surface area contributed by atoms with E-state index in [0.717, 1.165) is 94.7 Å². The molecule has 0 aliphatic rings. The van der Waals surface area contributed by atoms with Crippen LogP contribution >= 0.6 is 0 Å². The predicted molar refractivity (Wildman–Crippen MR) is 231 cm³/mol. The van der Waals surface area contributed by atoms with Gasteiger partial charge in [-0.15, -0.1) is 0 Å². The number of nitrogens with zero attached hydrogens (tertiary/aromatic N) is 4. The molecule has 4 nitrogen and oxygen atoms in total. The molecule has 0 spiro atoms. The zero-order valence-electron chi connectivity index (χ0n) is 30.4. The molecule has 262 valence electrons. The Bertz CT molecular complexity index is 2990. The summed E-state index contributed by atoms with van der Waals surface area (Å²) in [6.45, 7) is 0. The van der Waals surface area contributed by atoms with Gasteiger partial charge in [0.05, 0.1) is 34.0 Å². The molecule has 0 atom stereocenters. The first kappa shape index (κ1) is 33.0. The van der Waals surface area contributed by atoms with Crippen molar-refractivity contribution in [3.63, 3.8) is 0 Å². The van der Waals surface area contributed by atoms with Crippen LogP contribution in [0.3, 0.4) is 0 Å². The summed E-state index contributed by atoms with van der Waals surface area (Å²) in [7, 11) is 0. The van der Waals surface area contributed by atoms with Gasteiger partial charge in [-0.05, 0) is 34.7 Å². The van der Waals surface area contributed by atoms with Crippen molar-refractivity contribution in [2.45, 2.75) is 0 Å². The largest absolute Gasteiger partial charge is 0.243 e. The average Bonchev–Trinajstić information content (AvgIpc) is 3.29. The second-order valence-electron chi connectivity index (χ2n) is 13.8. The van der Waals surface area contributed by atoms with Crippen molar-refractivity contribution in [3.05, 3.63) is 206 Å². The third-order valence-electron chi connectivity index (χ3n) is 10.3. The van der Waals surface area contributed by atoms with Crippen LogP contribution in [-0.2, 0) is 0 Å². The van der Waals surface area contributed by atoms with Crippen molar-refractivity contribution in [1.29, 1.82) is 0 Å². The van der Waals surface area contributed by atoms with Crippen molar-refractivity contribution in [1.82, 2.24) is 19.9 Å². The van der Waals surface area contributed by atoms with Gasteiger partial charge in [0.2, 0.25) is 0 Å². The number of benzene rings is 8. The molecule has 0 aliphatic carbocycles. The lowest BCUT2D eigenvalue weighted by Gasteiger charge is -2.16. The molecule has 4 heteroatoms. The summed E-state index contributed by atoms with van der Waals surface area (Å²) >= 11 is 0. The summed E-state index contributed by atoms with van der Waals surface area (Å²) in [5.74, 6) is 0.706. The average molecular weight is 715 g/mol. The summed E-state index contributed by atoms with van der Waals surface area (Å²) < 4.78 is 0. The molecule has 0 bridgehead atoms. The first-order valence-corrected chi connectivity index (χ1v) is 18.8. The van der Waals surface area contributed by atoms with Crippen molar-refractivity contribution < 1.29 is 0 Å². The monoisotopic (exact) mass is 714 g/mol. The maximum absolute atomic E-state index is 5.49. The van der Waals surface area contributed by atoms with Crippen molar-refractivity contribution in [3.8, 4) is 78.8 Å². The SMILES string of the molecule is c1ccc(-c2nc(-c3ccccc3)c3ccc4ccc(-c5cccc(-c6nc(-c7ccccc7)c(-c7ccccc7)nc6-c6ccccc6)c5)cc4c3n2)cc1. The normalized spacial score (nSPS) is 11.2. The van der Waals surface area contributed by atoms with Crippen molar-refractivity contribution >= 4 is 21.7 Å². The third kappa shape index (κ3) is 6.19. The highest BCUT2D eigenvalue weighted by Crippen LogP contribution is 2.39. The standard InChI is InChI=1S/C52H34N4/c1-6-17-36(18-7-1)46-44-32-31-35-29-30-42(34-45(35)51(44)56-52(55-46)40-25-14-5-15-26-40)41-27-16-28-43(33-41)50-49(39-23-12-4-13-24-39)53-47(37-19-8-2-9-20-37)48(54-50)38-21-10-3-11-22-38/h1-34H. The molecule has 0 N–H and O–H groups in total. The van der Waals surface area contributed by atoms with E-state index in [1.54, 1.807) is 0 Å².